The molecule has 0 saturated heterocycles. The number of amides is 2. The lowest BCUT2D eigenvalue weighted by Crippen LogP contribution is -2.35. The number of carbonyl (C=O) groups is 2. The van der Waals surface area contributed by atoms with E-state index in [1.165, 1.54) is 4.90 Å². The molecule has 0 atom stereocenters. The number of aromatic nitrogens is 1. The molecule has 1 aromatic heterocycles. The first-order valence-corrected chi connectivity index (χ1v) is 9.00. The number of benzene rings is 2. The van der Waals surface area contributed by atoms with Gasteiger partial charge in [-0.25, -0.2) is 0 Å². The van der Waals surface area contributed by atoms with Crippen molar-refractivity contribution in [3.05, 3.63) is 70.9 Å². The molecule has 0 aliphatic heterocycles. The average molecular weight is 377 g/mol. The number of likely N-dealkylation sites (N-methyl/N-ethyl adjacent to an activating group) is 1. The summed E-state index contributed by atoms with van der Waals surface area (Å²) in [5, 5.41) is 6.74. The van der Waals surface area contributed by atoms with E-state index in [1.807, 2.05) is 63.2 Å². The minimum Gasteiger partial charge on any atom is -0.355 e. The second-order valence-electron chi connectivity index (χ2n) is 6.93. The minimum absolute atomic E-state index is 0.0842. The fourth-order valence-electron chi connectivity index (χ4n) is 3.15. The molecule has 0 unspecified atom stereocenters. The second-order valence-corrected chi connectivity index (χ2v) is 6.93. The van der Waals surface area contributed by atoms with Crippen LogP contribution in [0.4, 0.5) is 5.69 Å². The molecular weight excluding hydrogens is 354 g/mol. The van der Waals surface area contributed by atoms with Crippen LogP contribution in [0, 0.1) is 20.8 Å². The zero-order valence-electron chi connectivity index (χ0n) is 16.4. The number of nitrogens with zero attached hydrogens (tertiary/aromatic N) is 2. The van der Waals surface area contributed by atoms with Crippen LogP contribution in [0.3, 0.4) is 0 Å². The van der Waals surface area contributed by atoms with Crippen molar-refractivity contribution in [1.82, 2.24) is 10.1 Å². The molecular formula is C22H23N3O3. The molecule has 0 aliphatic carbocycles. The van der Waals surface area contributed by atoms with E-state index in [2.05, 4.69) is 10.5 Å². The molecule has 144 valence electrons. The fourth-order valence-corrected chi connectivity index (χ4v) is 3.15. The van der Waals surface area contributed by atoms with Crippen LogP contribution in [-0.2, 0) is 4.79 Å². The third-order valence-corrected chi connectivity index (χ3v) is 4.46. The minimum atomic E-state index is -0.376. The highest BCUT2D eigenvalue weighted by molar-refractivity contribution is 5.99. The van der Waals surface area contributed by atoms with Gasteiger partial charge in [-0.15, -0.1) is 0 Å². The molecule has 0 fully saturated rings. The zero-order chi connectivity index (χ0) is 20.3. The van der Waals surface area contributed by atoms with E-state index in [4.69, 9.17) is 4.52 Å². The molecule has 3 aromatic rings. The summed E-state index contributed by atoms with van der Waals surface area (Å²) < 4.78 is 5.27. The third kappa shape index (κ3) is 4.28. The Kier molecular flexibility index (Phi) is 5.59. The molecule has 0 aliphatic rings. The topological polar surface area (TPSA) is 75.4 Å². The summed E-state index contributed by atoms with van der Waals surface area (Å²) in [4.78, 5) is 26.3. The van der Waals surface area contributed by atoms with E-state index in [9.17, 15) is 9.59 Å². The van der Waals surface area contributed by atoms with Gasteiger partial charge in [-0.05, 0) is 31.9 Å². The normalized spacial score (nSPS) is 10.6. The number of hydrogen-bond acceptors (Lipinski definition) is 4. The summed E-state index contributed by atoms with van der Waals surface area (Å²) in [6.45, 7) is 5.83. The molecule has 3 rings (SSSR count). The fraction of sp³-hybridized carbons (Fsp3) is 0.227. The summed E-state index contributed by atoms with van der Waals surface area (Å²) in [6.07, 6.45) is 0. The maximum atomic E-state index is 12.6. The Morgan fingerprint density at radius 1 is 1.04 bits per heavy atom. The lowest BCUT2D eigenvalue weighted by molar-refractivity contribution is -0.116. The number of aryl methyl sites for hydroxylation is 3. The third-order valence-electron chi connectivity index (χ3n) is 4.46. The number of anilines is 1. The van der Waals surface area contributed by atoms with E-state index >= 15 is 0 Å². The molecule has 28 heavy (non-hydrogen) atoms. The monoisotopic (exact) mass is 377 g/mol. The highest BCUT2D eigenvalue weighted by Crippen LogP contribution is 2.22. The summed E-state index contributed by atoms with van der Waals surface area (Å²) in [5.74, 6) is -0.135. The standard InChI is InChI=1S/C22H23N3O3/c1-14-10-15(2)21(16(3)11-14)23-20(26)13-25(4)22(27)18-12-19(28-24-18)17-8-6-5-7-9-17/h5-12H,13H2,1-4H3,(H,23,26). The van der Waals surface area contributed by atoms with Crippen LogP contribution in [0.15, 0.2) is 53.1 Å². The van der Waals surface area contributed by atoms with Crippen LogP contribution in [-0.4, -0.2) is 35.5 Å². The van der Waals surface area contributed by atoms with Crippen LogP contribution in [0.1, 0.15) is 27.2 Å². The highest BCUT2D eigenvalue weighted by Gasteiger charge is 2.20. The quantitative estimate of drug-likeness (QED) is 0.730. The predicted octanol–water partition coefficient (Wildman–Crippen LogP) is 3.98. The van der Waals surface area contributed by atoms with Crippen LogP contribution in [0.5, 0.6) is 0 Å². The Hall–Kier alpha value is -3.41. The van der Waals surface area contributed by atoms with Crippen molar-refractivity contribution in [1.29, 1.82) is 0 Å². The van der Waals surface area contributed by atoms with Crippen molar-refractivity contribution in [2.75, 3.05) is 18.9 Å². The van der Waals surface area contributed by atoms with Gasteiger partial charge in [0.05, 0.1) is 6.54 Å². The Labute approximate surface area is 164 Å². The summed E-state index contributed by atoms with van der Waals surface area (Å²) in [6, 6.07) is 15.0. The van der Waals surface area contributed by atoms with E-state index in [0.717, 1.165) is 27.9 Å². The van der Waals surface area contributed by atoms with Crippen molar-refractivity contribution in [2.24, 2.45) is 0 Å². The molecule has 2 amide bonds. The van der Waals surface area contributed by atoms with E-state index in [0.29, 0.717) is 5.76 Å². The lowest BCUT2D eigenvalue weighted by Gasteiger charge is -2.17. The van der Waals surface area contributed by atoms with Crippen LogP contribution < -0.4 is 5.32 Å². The molecule has 1 heterocycles. The number of rotatable bonds is 5. The molecule has 0 radical (unpaired) electrons. The first-order valence-electron chi connectivity index (χ1n) is 9.00. The molecule has 6 heteroatoms. The van der Waals surface area contributed by atoms with Gasteiger partial charge in [0, 0.05) is 24.4 Å². The first-order chi connectivity index (χ1) is 13.3. The highest BCUT2D eigenvalue weighted by atomic mass is 16.5. The van der Waals surface area contributed by atoms with Crippen molar-refractivity contribution in [3.63, 3.8) is 0 Å². The summed E-state index contributed by atoms with van der Waals surface area (Å²) >= 11 is 0. The maximum Gasteiger partial charge on any atom is 0.276 e. The molecule has 6 nitrogen and oxygen atoms in total. The van der Waals surface area contributed by atoms with Gasteiger partial charge < -0.3 is 14.7 Å². The largest absolute Gasteiger partial charge is 0.355 e. The van der Waals surface area contributed by atoms with Gasteiger partial charge in [-0.3, -0.25) is 9.59 Å². The summed E-state index contributed by atoms with van der Waals surface area (Å²) in [7, 11) is 1.56. The lowest BCUT2D eigenvalue weighted by atomic mass is 10.1. The number of carbonyl (C=O) groups excluding carboxylic acids is 2. The van der Waals surface area contributed by atoms with Gasteiger partial charge in [-0.1, -0.05) is 53.2 Å². The predicted molar refractivity (Wildman–Crippen MR) is 108 cm³/mol. The van der Waals surface area contributed by atoms with Crippen molar-refractivity contribution >= 4 is 17.5 Å². The Balaban J connectivity index is 1.66. The van der Waals surface area contributed by atoms with Gasteiger partial charge in [0.2, 0.25) is 5.91 Å². The molecule has 1 N–H and O–H groups in total. The van der Waals surface area contributed by atoms with E-state index in [-0.39, 0.29) is 24.1 Å². The van der Waals surface area contributed by atoms with Crippen LogP contribution in [0.25, 0.3) is 11.3 Å². The Bertz CT molecular complexity index is 986. The second kappa shape index (κ2) is 8.08. The SMILES string of the molecule is Cc1cc(C)c(NC(=O)CN(C)C(=O)c2cc(-c3ccccc3)on2)c(C)c1. The Morgan fingerprint density at radius 3 is 2.32 bits per heavy atom. The van der Waals surface area contributed by atoms with Crippen LogP contribution >= 0.6 is 0 Å². The molecule has 2 aromatic carbocycles. The van der Waals surface area contributed by atoms with Gasteiger partial charge in [0.1, 0.15) is 0 Å². The first kappa shape index (κ1) is 19.4. The zero-order valence-corrected chi connectivity index (χ0v) is 16.4. The molecule has 0 saturated carbocycles. The number of hydrogen-bond donors (Lipinski definition) is 1. The van der Waals surface area contributed by atoms with Gasteiger partial charge in [0.25, 0.3) is 5.91 Å². The van der Waals surface area contributed by atoms with Crippen molar-refractivity contribution in [2.45, 2.75) is 20.8 Å². The van der Waals surface area contributed by atoms with Gasteiger partial charge in [-0.2, -0.15) is 0 Å². The Morgan fingerprint density at radius 2 is 1.68 bits per heavy atom. The maximum absolute atomic E-state index is 12.6. The van der Waals surface area contributed by atoms with Crippen molar-refractivity contribution in [3.8, 4) is 11.3 Å². The van der Waals surface area contributed by atoms with E-state index in [1.54, 1.807) is 13.1 Å². The summed E-state index contributed by atoms with van der Waals surface area (Å²) in [5.41, 5.74) is 4.90. The van der Waals surface area contributed by atoms with Gasteiger partial charge in [0.15, 0.2) is 11.5 Å². The van der Waals surface area contributed by atoms with Gasteiger partial charge >= 0.3 is 0 Å². The van der Waals surface area contributed by atoms with Crippen LogP contribution in [0.2, 0.25) is 0 Å². The van der Waals surface area contributed by atoms with Crippen molar-refractivity contribution < 1.29 is 14.1 Å². The average Bonchev–Trinajstić information content (AvgIpc) is 3.15. The smallest absolute Gasteiger partial charge is 0.276 e. The molecule has 0 bridgehead atoms. The molecule has 0 spiro atoms. The number of nitrogens with one attached hydrogen (secondary N) is 1. The van der Waals surface area contributed by atoms with E-state index < -0.39 is 0 Å².